The number of rotatable bonds is 6. The van der Waals surface area contributed by atoms with Crippen LogP contribution in [-0.2, 0) is 23.7 Å². The first-order chi connectivity index (χ1) is 23.4. The number of hydrogen-bond acceptors (Lipinski definition) is 10. The number of carbonyl (C=O) groups is 3. The maximum atomic E-state index is 13.6. The molecular weight excluding hydrogens is 644 g/mol. The molecule has 0 radical (unpaired) electrons. The van der Waals surface area contributed by atoms with Crippen LogP contribution >= 0.6 is 0 Å². The summed E-state index contributed by atoms with van der Waals surface area (Å²) in [6.45, 7) is 12.4. The fourth-order valence-electron chi connectivity index (χ4n) is 7.83. The molecule has 2 aromatic rings. The molecule has 3 aliphatic rings. The molecule has 50 heavy (non-hydrogen) atoms. The van der Waals surface area contributed by atoms with Crippen molar-refractivity contribution < 1.29 is 48.7 Å². The van der Waals surface area contributed by atoms with E-state index in [1.165, 1.54) is 11.7 Å². The van der Waals surface area contributed by atoms with Crippen LogP contribution in [0.15, 0.2) is 54.4 Å². The van der Waals surface area contributed by atoms with Gasteiger partial charge in [-0.1, -0.05) is 32.1 Å². The molecule has 12 heteroatoms. The van der Waals surface area contributed by atoms with Gasteiger partial charge in [0.25, 0.3) is 0 Å². The summed E-state index contributed by atoms with van der Waals surface area (Å²) in [4.78, 5) is 42.4. The Morgan fingerprint density at radius 3 is 2.56 bits per heavy atom. The fourth-order valence-corrected chi connectivity index (χ4v) is 7.83. The second-order valence-corrected chi connectivity index (χ2v) is 15.3. The lowest BCUT2D eigenvalue weighted by Crippen LogP contribution is -2.49. The van der Waals surface area contributed by atoms with Crippen molar-refractivity contribution in [3.8, 4) is 11.3 Å². The first kappa shape index (κ1) is 37.5. The number of aliphatic hydroxyl groups is 3. The number of methoxy groups -OCH3 is 1. The topological polar surface area (TPSA) is 170 Å². The third-order valence-corrected chi connectivity index (χ3v) is 10.6. The number of nitrogens with zero attached hydrogens (tertiary/aromatic N) is 1. The zero-order valence-corrected chi connectivity index (χ0v) is 30.2. The number of nitrogens with one attached hydrogen (secondary N) is 1. The highest BCUT2D eigenvalue weighted by molar-refractivity contribution is 5.90. The minimum Gasteiger partial charge on any atom is -0.457 e. The Kier molecular flexibility index (Phi) is 10.9. The van der Waals surface area contributed by atoms with Crippen LogP contribution in [0.1, 0.15) is 78.2 Å². The maximum absolute atomic E-state index is 13.6. The number of fused-ring (bicyclic) bond motifs is 1. The molecule has 5 rings (SSSR count). The van der Waals surface area contributed by atoms with E-state index in [2.05, 4.69) is 4.98 Å². The molecular formula is C38H52N2O10. The van der Waals surface area contributed by atoms with Crippen molar-refractivity contribution in [2.24, 2.45) is 29.6 Å². The van der Waals surface area contributed by atoms with Crippen LogP contribution in [-0.4, -0.2) is 91.7 Å². The first-order valence-electron chi connectivity index (χ1n) is 17.4. The third kappa shape index (κ3) is 7.63. The molecule has 0 saturated heterocycles. The normalized spacial score (nSPS) is 35.0. The minimum atomic E-state index is -1.38. The minimum absolute atomic E-state index is 0.162. The second-order valence-electron chi connectivity index (χ2n) is 15.3. The van der Waals surface area contributed by atoms with Gasteiger partial charge in [-0.3, -0.25) is 4.57 Å². The van der Waals surface area contributed by atoms with E-state index in [9.17, 15) is 29.7 Å². The third-order valence-electron chi connectivity index (χ3n) is 10.6. The summed E-state index contributed by atoms with van der Waals surface area (Å²) >= 11 is 0. The molecule has 1 fully saturated rings. The maximum Gasteiger partial charge on any atom is 0.418 e. The Bertz CT molecular complexity index is 1610. The second kappa shape index (κ2) is 14.5. The van der Waals surface area contributed by atoms with Crippen molar-refractivity contribution in [1.29, 1.82) is 0 Å². The molecule has 0 aromatic carbocycles. The summed E-state index contributed by atoms with van der Waals surface area (Å²) in [7, 11) is 1.42. The van der Waals surface area contributed by atoms with E-state index in [4.69, 9.17) is 18.9 Å². The number of hydrogen-bond donors (Lipinski definition) is 4. The number of aliphatic hydroxyl groups excluding tert-OH is 2. The van der Waals surface area contributed by atoms with Crippen LogP contribution in [0.3, 0.4) is 0 Å². The fraction of sp³-hybridized carbons (Fsp3) is 0.605. The van der Waals surface area contributed by atoms with Gasteiger partial charge in [0.05, 0.1) is 23.5 Å². The van der Waals surface area contributed by atoms with Crippen molar-refractivity contribution in [2.45, 2.75) is 109 Å². The summed E-state index contributed by atoms with van der Waals surface area (Å²) in [6.07, 6.45) is 5.11. The van der Waals surface area contributed by atoms with Gasteiger partial charge in [-0.15, -0.1) is 0 Å². The number of allylic oxidation sites excluding steroid dienone is 1. The molecule has 0 spiro atoms. The van der Waals surface area contributed by atoms with Gasteiger partial charge < -0.3 is 39.3 Å². The van der Waals surface area contributed by atoms with Crippen LogP contribution in [0.25, 0.3) is 11.3 Å². The lowest BCUT2D eigenvalue weighted by molar-refractivity contribution is -0.171. The Hall–Kier alpha value is -3.71. The number of aromatic nitrogens is 2. The van der Waals surface area contributed by atoms with Crippen molar-refractivity contribution in [3.63, 3.8) is 0 Å². The van der Waals surface area contributed by atoms with E-state index in [1.54, 1.807) is 58.3 Å². The number of carbonyl (C=O) groups excluding carboxylic acids is 3. The van der Waals surface area contributed by atoms with Crippen molar-refractivity contribution in [1.82, 2.24) is 9.55 Å². The van der Waals surface area contributed by atoms with E-state index < -0.39 is 71.6 Å². The summed E-state index contributed by atoms with van der Waals surface area (Å²) in [5.41, 5.74) is -0.0622. The number of H-pyrrole nitrogens is 1. The Balaban J connectivity index is 1.39. The smallest absolute Gasteiger partial charge is 0.418 e. The zero-order valence-electron chi connectivity index (χ0n) is 30.2. The van der Waals surface area contributed by atoms with E-state index in [1.807, 2.05) is 39.0 Å². The van der Waals surface area contributed by atoms with E-state index in [0.717, 1.165) is 0 Å². The largest absolute Gasteiger partial charge is 0.457 e. The van der Waals surface area contributed by atoms with Gasteiger partial charge >= 0.3 is 18.0 Å². The molecule has 1 aliphatic heterocycles. The van der Waals surface area contributed by atoms with Crippen LogP contribution in [0.4, 0.5) is 4.79 Å². The van der Waals surface area contributed by atoms with Gasteiger partial charge in [0.2, 0.25) is 0 Å². The zero-order chi connectivity index (χ0) is 36.7. The lowest BCUT2D eigenvalue weighted by atomic mass is 9.65. The Morgan fingerprint density at radius 1 is 1.18 bits per heavy atom. The van der Waals surface area contributed by atoms with Gasteiger partial charge in [-0.05, 0) is 83.6 Å². The van der Waals surface area contributed by atoms with Crippen molar-refractivity contribution in [3.05, 3.63) is 60.1 Å². The monoisotopic (exact) mass is 696 g/mol. The quantitative estimate of drug-likeness (QED) is 0.183. The molecule has 1 saturated carbocycles. The Labute approximate surface area is 293 Å². The molecule has 274 valence electrons. The highest BCUT2D eigenvalue weighted by atomic mass is 16.6. The van der Waals surface area contributed by atoms with E-state index in [0.29, 0.717) is 23.3 Å². The van der Waals surface area contributed by atoms with Gasteiger partial charge in [0.15, 0.2) is 6.10 Å². The van der Waals surface area contributed by atoms with Crippen LogP contribution < -0.4 is 0 Å². The number of ether oxygens (including phenoxy) is 4. The molecule has 0 amide bonds. The molecule has 12 nitrogen and oxygen atoms in total. The predicted octanol–water partition coefficient (Wildman–Crippen LogP) is 5.03. The standard InChI is InChI=1S/C38H52N2O10/c1-20-14-21(2)38(46)18-24(11-12-26(38)16-31(47-8)35(44)48-32(20)23(4)41)27-17-30(42)22(3)33(27)49-34(43)28-15-25(19-39-28)29-10-9-13-40(29)36(45)50-37(5,6)7/h9-15,19-20,22-24,26-27,30-33,39,41-42,46H,16-18H2,1-8H3/b21-14+/t20-,22-,23?,24?,26?,27-,30+,31+,32+,33-,38+/m1/s1. The van der Waals surface area contributed by atoms with E-state index >= 15 is 0 Å². The molecule has 2 aromatic heterocycles. The lowest BCUT2D eigenvalue weighted by Gasteiger charge is -2.45. The number of esters is 2. The van der Waals surface area contributed by atoms with Crippen LogP contribution in [0.5, 0.6) is 0 Å². The molecule has 3 heterocycles. The SMILES string of the molecule is CO[C@H]1CC2C=CC([C@H]3C[C@H](O)[C@@H](C)[C@H]3OC(=O)c3cc(-c4cccn4C(=O)OC(C)(C)C)c[nH]3)C[C@]2(O)/C(C)=C/[C@@H](C)[C@@H](C(C)O)OC1=O. The summed E-state index contributed by atoms with van der Waals surface area (Å²) in [6, 6.07) is 5.08. The van der Waals surface area contributed by atoms with Crippen LogP contribution in [0, 0.1) is 29.6 Å². The number of aromatic amines is 1. The van der Waals surface area contributed by atoms with Gasteiger partial charge in [0, 0.05) is 48.7 Å². The van der Waals surface area contributed by atoms with Gasteiger partial charge in [0.1, 0.15) is 23.5 Å². The average Bonchev–Trinajstić information content (AvgIpc) is 3.78. The van der Waals surface area contributed by atoms with Crippen molar-refractivity contribution in [2.75, 3.05) is 7.11 Å². The molecule has 11 atom stereocenters. The average molecular weight is 697 g/mol. The summed E-state index contributed by atoms with van der Waals surface area (Å²) < 4.78 is 24.2. The Morgan fingerprint density at radius 2 is 1.90 bits per heavy atom. The highest BCUT2D eigenvalue weighted by Crippen LogP contribution is 2.48. The molecule has 3 unspecified atom stereocenters. The van der Waals surface area contributed by atoms with E-state index in [-0.39, 0.29) is 36.3 Å². The predicted molar refractivity (Wildman–Crippen MR) is 184 cm³/mol. The van der Waals surface area contributed by atoms with Gasteiger partial charge in [-0.25, -0.2) is 14.4 Å². The summed E-state index contributed by atoms with van der Waals surface area (Å²) in [5.74, 6) is -3.03. The molecule has 0 bridgehead atoms. The number of cyclic esters (lactones) is 1. The van der Waals surface area contributed by atoms with Crippen molar-refractivity contribution >= 4 is 18.0 Å². The summed E-state index contributed by atoms with van der Waals surface area (Å²) in [5, 5.41) is 33.9. The highest BCUT2D eigenvalue weighted by Gasteiger charge is 2.51. The first-order valence-corrected chi connectivity index (χ1v) is 17.4. The van der Waals surface area contributed by atoms with Crippen LogP contribution in [0.2, 0.25) is 0 Å². The molecule has 4 N–H and O–H groups in total. The molecule has 2 aliphatic carbocycles. The van der Waals surface area contributed by atoms with Gasteiger partial charge in [-0.2, -0.15) is 0 Å².